The maximum Gasteiger partial charge on any atom is 0.250 e. The van der Waals surface area contributed by atoms with Crippen molar-refractivity contribution >= 4 is 11.6 Å². The molecule has 1 aromatic rings. The standard InChI is InChI=1S/C12H17ClFNO2/c1-2-3-6-16-7-8-17-12-11(14)10(9-13)4-5-15-12/h4-5H,2-3,6-9H2,1H3. The zero-order chi connectivity index (χ0) is 12.5. The van der Waals surface area contributed by atoms with E-state index in [-0.39, 0.29) is 11.8 Å². The number of aromatic nitrogens is 1. The Morgan fingerprint density at radius 1 is 1.35 bits per heavy atom. The van der Waals surface area contributed by atoms with Crippen LogP contribution in [0.4, 0.5) is 4.39 Å². The topological polar surface area (TPSA) is 31.4 Å². The highest BCUT2D eigenvalue weighted by atomic mass is 35.5. The molecule has 0 saturated heterocycles. The molecule has 0 amide bonds. The Balaban J connectivity index is 2.31. The maximum absolute atomic E-state index is 13.6. The smallest absolute Gasteiger partial charge is 0.250 e. The summed E-state index contributed by atoms with van der Waals surface area (Å²) in [5.74, 6) is -0.393. The summed E-state index contributed by atoms with van der Waals surface area (Å²) in [4.78, 5) is 3.81. The van der Waals surface area contributed by atoms with E-state index in [2.05, 4.69) is 11.9 Å². The Labute approximate surface area is 106 Å². The molecule has 0 aromatic carbocycles. The van der Waals surface area contributed by atoms with Gasteiger partial charge in [-0.3, -0.25) is 0 Å². The van der Waals surface area contributed by atoms with E-state index in [0.717, 1.165) is 12.8 Å². The zero-order valence-electron chi connectivity index (χ0n) is 9.92. The van der Waals surface area contributed by atoms with Gasteiger partial charge in [-0.15, -0.1) is 11.6 Å². The fourth-order valence-electron chi connectivity index (χ4n) is 1.21. The lowest BCUT2D eigenvalue weighted by molar-refractivity contribution is 0.0949. The van der Waals surface area contributed by atoms with Gasteiger partial charge in [-0.2, -0.15) is 0 Å². The Morgan fingerprint density at radius 2 is 2.18 bits per heavy atom. The molecule has 0 bridgehead atoms. The van der Waals surface area contributed by atoms with E-state index in [1.165, 1.54) is 12.3 Å². The van der Waals surface area contributed by atoms with Crippen LogP contribution in [0.3, 0.4) is 0 Å². The quantitative estimate of drug-likeness (QED) is 0.532. The molecule has 0 spiro atoms. The van der Waals surface area contributed by atoms with Crippen molar-refractivity contribution in [3.8, 4) is 5.88 Å². The second-order valence-corrected chi connectivity index (χ2v) is 3.80. The van der Waals surface area contributed by atoms with Gasteiger partial charge in [0.2, 0.25) is 0 Å². The van der Waals surface area contributed by atoms with Crippen LogP contribution in [-0.2, 0) is 10.6 Å². The highest BCUT2D eigenvalue weighted by Gasteiger charge is 2.09. The molecule has 0 atom stereocenters. The molecule has 0 fully saturated rings. The van der Waals surface area contributed by atoms with Gasteiger partial charge in [0.1, 0.15) is 6.61 Å². The molecule has 17 heavy (non-hydrogen) atoms. The minimum absolute atomic E-state index is 0.0118. The van der Waals surface area contributed by atoms with Crippen molar-refractivity contribution in [2.75, 3.05) is 19.8 Å². The predicted molar refractivity (Wildman–Crippen MR) is 65.0 cm³/mol. The Morgan fingerprint density at radius 3 is 2.88 bits per heavy atom. The van der Waals surface area contributed by atoms with Crippen molar-refractivity contribution in [3.05, 3.63) is 23.6 Å². The molecule has 0 N–H and O–H groups in total. The van der Waals surface area contributed by atoms with Crippen molar-refractivity contribution in [3.63, 3.8) is 0 Å². The average molecular weight is 262 g/mol. The molecular weight excluding hydrogens is 245 g/mol. The van der Waals surface area contributed by atoms with E-state index in [1.807, 2.05) is 0 Å². The zero-order valence-corrected chi connectivity index (χ0v) is 10.7. The number of hydrogen-bond acceptors (Lipinski definition) is 3. The average Bonchev–Trinajstić information content (AvgIpc) is 2.35. The number of nitrogens with zero attached hydrogens (tertiary/aromatic N) is 1. The van der Waals surface area contributed by atoms with Crippen molar-refractivity contribution in [1.29, 1.82) is 0 Å². The van der Waals surface area contributed by atoms with E-state index in [4.69, 9.17) is 21.1 Å². The summed E-state index contributed by atoms with van der Waals surface area (Å²) in [6.07, 6.45) is 3.59. The highest BCUT2D eigenvalue weighted by molar-refractivity contribution is 6.17. The second-order valence-electron chi connectivity index (χ2n) is 3.54. The summed E-state index contributed by atoms with van der Waals surface area (Å²) in [6, 6.07) is 1.53. The first-order chi connectivity index (χ1) is 8.29. The molecule has 0 saturated carbocycles. The van der Waals surface area contributed by atoms with E-state index >= 15 is 0 Å². The number of rotatable bonds is 8. The number of hydrogen-bond donors (Lipinski definition) is 0. The fourth-order valence-corrected chi connectivity index (χ4v) is 1.42. The normalized spacial score (nSPS) is 10.5. The van der Waals surface area contributed by atoms with E-state index < -0.39 is 5.82 Å². The first-order valence-electron chi connectivity index (χ1n) is 5.69. The monoisotopic (exact) mass is 261 g/mol. The molecule has 0 aliphatic heterocycles. The lowest BCUT2D eigenvalue weighted by atomic mass is 10.3. The Bertz CT molecular complexity index is 336. The van der Waals surface area contributed by atoms with Crippen molar-refractivity contribution in [1.82, 2.24) is 4.98 Å². The number of alkyl halides is 1. The third-order valence-electron chi connectivity index (χ3n) is 2.19. The van der Waals surface area contributed by atoms with Gasteiger partial charge >= 0.3 is 0 Å². The largest absolute Gasteiger partial charge is 0.473 e. The van der Waals surface area contributed by atoms with Crippen molar-refractivity contribution in [2.24, 2.45) is 0 Å². The lowest BCUT2D eigenvalue weighted by Crippen LogP contribution is -2.09. The minimum Gasteiger partial charge on any atom is -0.473 e. The van der Waals surface area contributed by atoms with E-state index in [1.54, 1.807) is 0 Å². The minimum atomic E-state index is -0.490. The SMILES string of the molecule is CCCCOCCOc1nccc(CCl)c1F. The summed E-state index contributed by atoms with van der Waals surface area (Å²) < 4.78 is 24.1. The summed E-state index contributed by atoms with van der Waals surface area (Å²) in [5.41, 5.74) is 0.392. The van der Waals surface area contributed by atoms with Gasteiger partial charge in [0.05, 0.1) is 12.5 Å². The van der Waals surface area contributed by atoms with Crippen LogP contribution < -0.4 is 4.74 Å². The van der Waals surface area contributed by atoms with Gasteiger partial charge in [-0.1, -0.05) is 13.3 Å². The molecular formula is C12H17ClFNO2. The van der Waals surface area contributed by atoms with Crippen molar-refractivity contribution < 1.29 is 13.9 Å². The van der Waals surface area contributed by atoms with Gasteiger partial charge in [0.25, 0.3) is 5.88 Å². The van der Waals surface area contributed by atoms with E-state index in [0.29, 0.717) is 25.4 Å². The first kappa shape index (κ1) is 14.2. The molecule has 1 aromatic heterocycles. The summed E-state index contributed by atoms with van der Waals surface area (Å²) in [5, 5.41) is 0. The Hall–Kier alpha value is -0.870. The van der Waals surface area contributed by atoms with Crippen LogP contribution >= 0.6 is 11.6 Å². The molecule has 0 aliphatic carbocycles. The van der Waals surface area contributed by atoms with Crippen LogP contribution in [0.25, 0.3) is 0 Å². The number of unbranched alkanes of at least 4 members (excludes halogenated alkanes) is 1. The molecule has 0 unspecified atom stereocenters. The first-order valence-corrected chi connectivity index (χ1v) is 6.23. The second kappa shape index (κ2) is 8.25. The molecule has 1 rings (SSSR count). The highest BCUT2D eigenvalue weighted by Crippen LogP contribution is 2.18. The van der Waals surface area contributed by atoms with Crippen LogP contribution in [0.5, 0.6) is 5.88 Å². The third kappa shape index (κ3) is 4.88. The van der Waals surface area contributed by atoms with Crippen LogP contribution in [0.1, 0.15) is 25.3 Å². The van der Waals surface area contributed by atoms with Crippen LogP contribution in [0, 0.1) is 5.82 Å². The summed E-state index contributed by atoms with van der Waals surface area (Å²) in [7, 11) is 0. The number of pyridine rings is 1. The third-order valence-corrected chi connectivity index (χ3v) is 2.48. The lowest BCUT2D eigenvalue weighted by Gasteiger charge is -2.08. The van der Waals surface area contributed by atoms with Crippen LogP contribution in [-0.4, -0.2) is 24.8 Å². The van der Waals surface area contributed by atoms with Gasteiger partial charge in [0.15, 0.2) is 5.82 Å². The van der Waals surface area contributed by atoms with Crippen molar-refractivity contribution in [2.45, 2.75) is 25.6 Å². The van der Waals surface area contributed by atoms with Gasteiger partial charge in [-0.05, 0) is 12.5 Å². The van der Waals surface area contributed by atoms with Crippen LogP contribution in [0.15, 0.2) is 12.3 Å². The maximum atomic E-state index is 13.6. The van der Waals surface area contributed by atoms with Gasteiger partial charge in [-0.25, -0.2) is 9.37 Å². The molecule has 3 nitrogen and oxygen atoms in total. The fraction of sp³-hybridized carbons (Fsp3) is 0.583. The Kier molecular flexibility index (Phi) is 6.89. The molecule has 0 aliphatic rings. The molecule has 0 radical (unpaired) electrons. The summed E-state index contributed by atoms with van der Waals surface area (Å²) >= 11 is 5.57. The molecule has 96 valence electrons. The predicted octanol–water partition coefficient (Wildman–Crippen LogP) is 3.16. The number of ether oxygens (including phenoxy) is 2. The summed E-state index contributed by atoms with van der Waals surface area (Å²) in [6.45, 7) is 3.53. The van der Waals surface area contributed by atoms with Gasteiger partial charge in [0, 0.05) is 18.4 Å². The van der Waals surface area contributed by atoms with Crippen LogP contribution in [0.2, 0.25) is 0 Å². The number of halogens is 2. The molecule has 5 heteroatoms. The van der Waals surface area contributed by atoms with Gasteiger partial charge < -0.3 is 9.47 Å². The van der Waals surface area contributed by atoms with E-state index in [9.17, 15) is 4.39 Å². The molecule has 1 heterocycles.